The molecule has 0 unspecified atom stereocenters. The molecule has 25 heavy (non-hydrogen) atoms. The SMILES string of the molecule is CN1CCN(C(=S)c2cccc(OCc3ccc(Cl)c(Cl)c3)c2)CC1. The van der Waals surface area contributed by atoms with Crippen LogP contribution in [0.3, 0.4) is 0 Å². The monoisotopic (exact) mass is 394 g/mol. The summed E-state index contributed by atoms with van der Waals surface area (Å²) in [5, 5.41) is 1.08. The smallest absolute Gasteiger partial charge is 0.120 e. The molecule has 0 saturated carbocycles. The Morgan fingerprint density at radius 1 is 1.04 bits per heavy atom. The molecular formula is C19H20Cl2N2OS. The van der Waals surface area contributed by atoms with Gasteiger partial charge in [0.1, 0.15) is 17.3 Å². The maximum atomic E-state index is 6.05. The summed E-state index contributed by atoms with van der Waals surface area (Å²) in [5.41, 5.74) is 1.99. The maximum Gasteiger partial charge on any atom is 0.120 e. The molecule has 132 valence electrons. The Morgan fingerprint density at radius 2 is 1.80 bits per heavy atom. The summed E-state index contributed by atoms with van der Waals surface area (Å²) < 4.78 is 5.89. The third kappa shape index (κ3) is 4.85. The summed E-state index contributed by atoms with van der Waals surface area (Å²) in [6.45, 7) is 4.43. The minimum absolute atomic E-state index is 0.432. The Bertz CT molecular complexity index is 761. The van der Waals surface area contributed by atoms with Crippen LogP contribution in [0.5, 0.6) is 5.75 Å². The van der Waals surface area contributed by atoms with E-state index in [0.29, 0.717) is 16.7 Å². The van der Waals surface area contributed by atoms with Crippen LogP contribution in [0.25, 0.3) is 0 Å². The number of ether oxygens (including phenoxy) is 1. The second-order valence-electron chi connectivity index (χ2n) is 6.16. The van der Waals surface area contributed by atoms with Crippen LogP contribution >= 0.6 is 35.4 Å². The number of likely N-dealkylation sites (N-methyl/N-ethyl adjacent to an activating group) is 1. The van der Waals surface area contributed by atoms with Crippen LogP contribution < -0.4 is 4.74 Å². The van der Waals surface area contributed by atoms with Crippen LogP contribution in [-0.2, 0) is 6.61 Å². The lowest BCUT2D eigenvalue weighted by Gasteiger charge is -2.34. The van der Waals surface area contributed by atoms with Gasteiger partial charge in [-0.15, -0.1) is 0 Å². The first-order chi connectivity index (χ1) is 12.0. The van der Waals surface area contributed by atoms with E-state index < -0.39 is 0 Å². The minimum Gasteiger partial charge on any atom is -0.489 e. The van der Waals surface area contributed by atoms with Crippen molar-refractivity contribution in [2.75, 3.05) is 33.2 Å². The summed E-state index contributed by atoms with van der Waals surface area (Å²) >= 11 is 17.7. The van der Waals surface area contributed by atoms with E-state index in [1.165, 1.54) is 0 Å². The number of hydrogen-bond acceptors (Lipinski definition) is 3. The first-order valence-electron chi connectivity index (χ1n) is 8.17. The van der Waals surface area contributed by atoms with E-state index in [9.17, 15) is 0 Å². The molecule has 0 bridgehead atoms. The standard InChI is InChI=1S/C19H20Cl2N2OS/c1-22-7-9-23(10-8-22)19(25)15-3-2-4-16(12-15)24-13-14-5-6-17(20)18(21)11-14/h2-6,11-12H,7-10,13H2,1H3. The van der Waals surface area contributed by atoms with Crippen LogP contribution in [0.1, 0.15) is 11.1 Å². The third-order valence-electron chi connectivity index (χ3n) is 4.26. The van der Waals surface area contributed by atoms with Gasteiger partial charge in [-0.25, -0.2) is 0 Å². The van der Waals surface area contributed by atoms with Crippen molar-refractivity contribution in [3.8, 4) is 5.75 Å². The zero-order valence-electron chi connectivity index (χ0n) is 14.0. The van der Waals surface area contributed by atoms with Crippen molar-refractivity contribution in [1.82, 2.24) is 9.80 Å². The summed E-state index contributed by atoms with van der Waals surface area (Å²) in [5.74, 6) is 0.792. The number of rotatable bonds is 4. The molecule has 1 fully saturated rings. The average molecular weight is 395 g/mol. The fourth-order valence-electron chi connectivity index (χ4n) is 2.71. The van der Waals surface area contributed by atoms with Gasteiger partial charge in [-0.3, -0.25) is 0 Å². The lowest BCUT2D eigenvalue weighted by Crippen LogP contribution is -2.46. The van der Waals surface area contributed by atoms with Gasteiger partial charge < -0.3 is 14.5 Å². The number of benzene rings is 2. The molecule has 1 aliphatic rings. The Kier molecular flexibility index (Phi) is 6.18. The largest absolute Gasteiger partial charge is 0.489 e. The molecule has 1 saturated heterocycles. The van der Waals surface area contributed by atoms with Crippen LogP contribution in [-0.4, -0.2) is 48.0 Å². The Morgan fingerprint density at radius 3 is 2.52 bits per heavy atom. The molecule has 0 atom stereocenters. The van der Waals surface area contributed by atoms with E-state index in [0.717, 1.165) is 48.0 Å². The van der Waals surface area contributed by atoms with E-state index in [2.05, 4.69) is 16.8 Å². The van der Waals surface area contributed by atoms with Crippen LogP contribution in [0.4, 0.5) is 0 Å². The third-order valence-corrected chi connectivity index (χ3v) is 5.49. The minimum atomic E-state index is 0.432. The van der Waals surface area contributed by atoms with Crippen molar-refractivity contribution in [3.63, 3.8) is 0 Å². The van der Waals surface area contributed by atoms with Gasteiger partial charge in [0.15, 0.2) is 0 Å². The highest BCUT2D eigenvalue weighted by atomic mass is 35.5. The van der Waals surface area contributed by atoms with Gasteiger partial charge in [0.2, 0.25) is 0 Å². The highest BCUT2D eigenvalue weighted by molar-refractivity contribution is 7.80. The first-order valence-corrected chi connectivity index (χ1v) is 9.34. The molecule has 2 aromatic rings. The van der Waals surface area contributed by atoms with Gasteiger partial charge in [-0.2, -0.15) is 0 Å². The van der Waals surface area contributed by atoms with Crippen molar-refractivity contribution in [2.24, 2.45) is 0 Å². The predicted molar refractivity (Wildman–Crippen MR) is 108 cm³/mol. The molecule has 0 radical (unpaired) electrons. The fraction of sp³-hybridized carbons (Fsp3) is 0.316. The topological polar surface area (TPSA) is 15.7 Å². The molecule has 3 rings (SSSR count). The number of halogens is 2. The van der Waals surface area contributed by atoms with Gasteiger partial charge in [-0.1, -0.05) is 53.6 Å². The van der Waals surface area contributed by atoms with Gasteiger partial charge in [0.05, 0.1) is 10.0 Å². The molecule has 3 nitrogen and oxygen atoms in total. The predicted octanol–water partition coefficient (Wildman–Crippen LogP) is 4.50. The van der Waals surface area contributed by atoms with Crippen LogP contribution in [0, 0.1) is 0 Å². The van der Waals surface area contributed by atoms with Gasteiger partial charge in [0, 0.05) is 31.7 Å². The average Bonchev–Trinajstić information content (AvgIpc) is 2.63. The van der Waals surface area contributed by atoms with E-state index in [1.807, 2.05) is 36.4 Å². The summed E-state index contributed by atoms with van der Waals surface area (Å²) in [6.07, 6.45) is 0. The van der Waals surface area contributed by atoms with E-state index in [4.69, 9.17) is 40.2 Å². The summed E-state index contributed by atoms with van der Waals surface area (Å²) in [7, 11) is 2.14. The number of hydrogen-bond donors (Lipinski definition) is 0. The molecule has 2 aromatic carbocycles. The summed E-state index contributed by atoms with van der Waals surface area (Å²) in [4.78, 5) is 5.46. The van der Waals surface area contributed by atoms with Crippen molar-refractivity contribution in [3.05, 3.63) is 63.6 Å². The maximum absolute atomic E-state index is 6.05. The second kappa shape index (κ2) is 8.37. The van der Waals surface area contributed by atoms with Crippen LogP contribution in [0.15, 0.2) is 42.5 Å². The Labute approximate surface area is 164 Å². The molecule has 6 heteroatoms. The quantitative estimate of drug-likeness (QED) is 0.709. The summed E-state index contributed by atoms with van der Waals surface area (Å²) in [6, 6.07) is 13.5. The molecule has 1 heterocycles. The van der Waals surface area contributed by atoms with Crippen molar-refractivity contribution >= 4 is 40.4 Å². The second-order valence-corrected chi connectivity index (χ2v) is 7.36. The Hall–Kier alpha value is -1.33. The van der Waals surface area contributed by atoms with E-state index in [-0.39, 0.29) is 0 Å². The van der Waals surface area contributed by atoms with Gasteiger partial charge in [0.25, 0.3) is 0 Å². The lowest BCUT2D eigenvalue weighted by atomic mass is 10.2. The van der Waals surface area contributed by atoms with Gasteiger partial charge in [-0.05, 0) is 36.9 Å². The van der Waals surface area contributed by atoms with Crippen molar-refractivity contribution in [2.45, 2.75) is 6.61 Å². The van der Waals surface area contributed by atoms with E-state index in [1.54, 1.807) is 6.07 Å². The molecular weight excluding hydrogens is 375 g/mol. The molecule has 0 N–H and O–H groups in total. The highest BCUT2D eigenvalue weighted by Crippen LogP contribution is 2.24. The van der Waals surface area contributed by atoms with Crippen LogP contribution in [0.2, 0.25) is 10.0 Å². The normalized spacial score (nSPS) is 15.2. The lowest BCUT2D eigenvalue weighted by molar-refractivity contribution is 0.218. The molecule has 0 aliphatic carbocycles. The zero-order valence-corrected chi connectivity index (χ0v) is 16.4. The Balaban J connectivity index is 1.64. The highest BCUT2D eigenvalue weighted by Gasteiger charge is 2.17. The van der Waals surface area contributed by atoms with E-state index >= 15 is 0 Å². The van der Waals surface area contributed by atoms with Crippen molar-refractivity contribution < 1.29 is 4.74 Å². The molecule has 0 spiro atoms. The fourth-order valence-corrected chi connectivity index (χ4v) is 3.34. The van der Waals surface area contributed by atoms with Crippen molar-refractivity contribution in [1.29, 1.82) is 0 Å². The number of thiocarbonyl (C=S) groups is 1. The molecule has 0 amide bonds. The number of piperazine rings is 1. The van der Waals surface area contributed by atoms with Gasteiger partial charge >= 0.3 is 0 Å². The number of nitrogens with zero attached hydrogens (tertiary/aromatic N) is 2. The molecule has 0 aromatic heterocycles. The molecule has 1 aliphatic heterocycles. The zero-order chi connectivity index (χ0) is 17.8. The first kappa shape index (κ1) is 18.5.